The number of aromatic nitrogens is 2. The van der Waals surface area contributed by atoms with E-state index in [4.69, 9.17) is 4.98 Å². The third-order valence-corrected chi connectivity index (χ3v) is 8.93. The minimum Gasteiger partial charge on any atom is -0.504 e. The zero-order valence-electron chi connectivity index (χ0n) is 27.8. The number of benzene rings is 4. The molecule has 0 amide bonds. The van der Waals surface area contributed by atoms with Gasteiger partial charge >= 0.3 is 0 Å². The molecule has 4 aromatic carbocycles. The zero-order valence-corrected chi connectivity index (χ0v) is 30.1. The molecule has 0 spiro atoms. The van der Waals surface area contributed by atoms with Gasteiger partial charge in [-0.15, -0.1) is 41.4 Å². The van der Waals surface area contributed by atoms with Crippen LogP contribution in [0.1, 0.15) is 52.7 Å². The molecular formula is C40H40N5Pt-3. The first kappa shape index (κ1) is 31.9. The van der Waals surface area contributed by atoms with Gasteiger partial charge in [0.2, 0.25) is 0 Å². The van der Waals surface area contributed by atoms with Crippen LogP contribution in [0.2, 0.25) is 0 Å². The van der Waals surface area contributed by atoms with E-state index in [1.165, 1.54) is 27.9 Å². The Morgan fingerprint density at radius 3 is 2.20 bits per heavy atom. The minimum atomic E-state index is 0. The van der Waals surface area contributed by atoms with Gasteiger partial charge in [-0.3, -0.25) is 0 Å². The van der Waals surface area contributed by atoms with E-state index in [2.05, 4.69) is 179 Å². The van der Waals surface area contributed by atoms with Crippen molar-refractivity contribution in [1.29, 1.82) is 0 Å². The van der Waals surface area contributed by atoms with Gasteiger partial charge in [-0.1, -0.05) is 82.7 Å². The number of fused-ring (bicyclic) bond motifs is 4. The van der Waals surface area contributed by atoms with Gasteiger partial charge in [-0.25, -0.2) is 4.98 Å². The first-order valence-electron chi connectivity index (χ1n) is 15.6. The molecule has 238 valence electrons. The number of hydrogen-bond donors (Lipinski definition) is 0. The Labute approximate surface area is 287 Å². The van der Waals surface area contributed by atoms with Gasteiger partial charge in [0.25, 0.3) is 0 Å². The van der Waals surface area contributed by atoms with Crippen molar-refractivity contribution in [3.63, 3.8) is 0 Å². The molecule has 0 fully saturated rings. The standard InChI is InChI=1S/C40H40N5.Pt/c1-39(2,3)27-16-19-35-37(22-27)44(26-42(35)7)31-13-11-12-29(24-31)43(8)30-17-18-33-32-14-9-10-15-34(32)45(36(33)25-30)38-23-28(20-21-41-38)40(4,5)6;/h9-23,26H,1-8H3;/q-3;. The summed E-state index contributed by atoms with van der Waals surface area (Å²) in [7, 11) is 4.19. The molecule has 0 N–H and O–H groups in total. The molecule has 2 aromatic heterocycles. The Hall–Kier alpha value is -4.08. The van der Waals surface area contributed by atoms with E-state index in [0.717, 1.165) is 39.3 Å². The average Bonchev–Trinajstić information content (AvgIpc) is 3.54. The summed E-state index contributed by atoms with van der Waals surface area (Å²) in [6.07, 6.45) is 1.92. The van der Waals surface area contributed by atoms with E-state index in [0.29, 0.717) is 0 Å². The van der Waals surface area contributed by atoms with Crippen molar-refractivity contribution < 1.29 is 21.1 Å². The van der Waals surface area contributed by atoms with Crippen LogP contribution in [0.5, 0.6) is 0 Å². The first-order valence-corrected chi connectivity index (χ1v) is 15.6. The topological polar surface area (TPSA) is 27.5 Å². The van der Waals surface area contributed by atoms with Crippen molar-refractivity contribution in [3.05, 3.63) is 121 Å². The molecule has 0 atom stereocenters. The van der Waals surface area contributed by atoms with Crippen molar-refractivity contribution in [2.75, 3.05) is 28.8 Å². The molecule has 0 saturated heterocycles. The second-order valence-electron chi connectivity index (χ2n) is 14.1. The number of pyridine rings is 1. The fourth-order valence-corrected chi connectivity index (χ4v) is 6.20. The Morgan fingerprint density at radius 1 is 0.717 bits per heavy atom. The molecule has 7 rings (SSSR count). The van der Waals surface area contributed by atoms with Gasteiger partial charge in [-0.2, -0.15) is 18.8 Å². The van der Waals surface area contributed by atoms with E-state index >= 15 is 0 Å². The summed E-state index contributed by atoms with van der Waals surface area (Å²) in [6.45, 7) is 15.6. The van der Waals surface area contributed by atoms with E-state index < -0.39 is 0 Å². The normalized spacial score (nSPS) is 13.3. The summed E-state index contributed by atoms with van der Waals surface area (Å²) < 4.78 is 2.25. The summed E-state index contributed by atoms with van der Waals surface area (Å²) in [4.78, 5) is 11.4. The van der Waals surface area contributed by atoms with Gasteiger partial charge in [0.05, 0.1) is 0 Å². The van der Waals surface area contributed by atoms with Gasteiger partial charge in [-0.05, 0) is 64.7 Å². The van der Waals surface area contributed by atoms with E-state index in [1.807, 2.05) is 6.20 Å². The Morgan fingerprint density at radius 2 is 1.43 bits per heavy atom. The van der Waals surface area contributed by atoms with E-state index in [9.17, 15) is 0 Å². The van der Waals surface area contributed by atoms with Gasteiger partial charge < -0.3 is 19.3 Å². The molecule has 0 unspecified atom stereocenters. The van der Waals surface area contributed by atoms with Crippen molar-refractivity contribution >= 4 is 50.2 Å². The average molecular weight is 786 g/mol. The van der Waals surface area contributed by atoms with Gasteiger partial charge in [0.15, 0.2) is 0 Å². The Bertz CT molecular complexity index is 2060. The number of rotatable bonds is 4. The van der Waals surface area contributed by atoms with Crippen LogP contribution in [0.25, 0.3) is 27.6 Å². The van der Waals surface area contributed by atoms with Crippen LogP contribution in [0.3, 0.4) is 0 Å². The van der Waals surface area contributed by atoms with Crippen LogP contribution in [-0.2, 0) is 31.9 Å². The zero-order chi connectivity index (χ0) is 31.7. The molecular weight excluding hydrogens is 746 g/mol. The number of nitrogens with zero attached hydrogens (tertiary/aromatic N) is 5. The van der Waals surface area contributed by atoms with Gasteiger partial charge in [0.1, 0.15) is 5.82 Å². The summed E-state index contributed by atoms with van der Waals surface area (Å²) in [5.41, 5.74) is 10.1. The van der Waals surface area contributed by atoms with Crippen molar-refractivity contribution in [1.82, 2.24) is 9.55 Å². The third-order valence-electron chi connectivity index (χ3n) is 8.93. The molecule has 0 bridgehead atoms. The molecule has 5 nitrogen and oxygen atoms in total. The molecule has 1 aliphatic rings. The second kappa shape index (κ2) is 11.6. The van der Waals surface area contributed by atoms with Crippen LogP contribution in [0.15, 0.2) is 91.1 Å². The first-order chi connectivity index (χ1) is 21.4. The Kier molecular flexibility index (Phi) is 8.05. The monoisotopic (exact) mass is 785 g/mol. The van der Waals surface area contributed by atoms with Crippen LogP contribution in [0, 0.1) is 18.8 Å². The quantitative estimate of drug-likeness (QED) is 0.167. The smallest absolute Gasteiger partial charge is 0.135 e. The minimum absolute atomic E-state index is 0. The predicted molar refractivity (Wildman–Crippen MR) is 189 cm³/mol. The molecule has 0 saturated carbocycles. The molecule has 3 heterocycles. The number of hydrogen-bond acceptors (Lipinski definition) is 4. The van der Waals surface area contributed by atoms with Crippen molar-refractivity contribution in [2.45, 2.75) is 52.4 Å². The van der Waals surface area contributed by atoms with Crippen LogP contribution < -0.4 is 14.7 Å². The molecule has 6 aromatic rings. The Balaban J connectivity index is 0.00000372. The van der Waals surface area contributed by atoms with Crippen LogP contribution in [0.4, 0.5) is 28.4 Å². The fraction of sp³-hybridized carbons (Fsp3) is 0.250. The van der Waals surface area contributed by atoms with E-state index in [-0.39, 0.29) is 31.9 Å². The molecule has 1 aliphatic heterocycles. The van der Waals surface area contributed by atoms with Crippen LogP contribution in [-0.4, -0.2) is 23.6 Å². The number of anilines is 5. The summed E-state index contributed by atoms with van der Waals surface area (Å²) in [5, 5.41) is 2.35. The maximum atomic E-state index is 4.84. The molecule has 0 aliphatic carbocycles. The van der Waals surface area contributed by atoms with E-state index in [1.54, 1.807) is 0 Å². The predicted octanol–water partition coefficient (Wildman–Crippen LogP) is 9.85. The SMILES string of the molecule is CN1[CH-]N(c2[c-]c(N(C)c3[c-]c4c(cc3)c3ccccc3n4-c3cc(C(C)(C)C)ccn3)ccc2)c2cc(C(C)(C)C)ccc21.[Pt]. The largest absolute Gasteiger partial charge is 0.504 e. The third kappa shape index (κ3) is 5.49. The summed E-state index contributed by atoms with van der Waals surface area (Å²) in [6, 6.07) is 37.8. The summed E-state index contributed by atoms with van der Waals surface area (Å²) >= 11 is 0. The summed E-state index contributed by atoms with van der Waals surface area (Å²) in [5.74, 6) is 0.903. The number of para-hydroxylation sites is 1. The maximum absolute atomic E-state index is 4.84. The second-order valence-corrected chi connectivity index (χ2v) is 14.1. The molecule has 6 heteroatoms. The van der Waals surface area contributed by atoms with Crippen LogP contribution >= 0.6 is 0 Å². The molecule has 46 heavy (non-hydrogen) atoms. The van der Waals surface area contributed by atoms with Gasteiger partial charge in [0, 0.05) is 51.2 Å². The maximum Gasteiger partial charge on any atom is 0.135 e. The molecule has 0 radical (unpaired) electrons. The van der Waals surface area contributed by atoms with Crippen molar-refractivity contribution in [3.8, 4) is 5.82 Å². The fourth-order valence-electron chi connectivity index (χ4n) is 6.20. The van der Waals surface area contributed by atoms with Crippen molar-refractivity contribution in [2.24, 2.45) is 0 Å².